The lowest BCUT2D eigenvalue weighted by Gasteiger charge is -2.04. The number of hydrogen-bond donors (Lipinski definition) is 0. The van der Waals surface area contributed by atoms with Crippen LogP contribution in [-0.2, 0) is 22.1 Å². The van der Waals surface area contributed by atoms with Crippen LogP contribution in [0.4, 0.5) is 0 Å². The summed E-state index contributed by atoms with van der Waals surface area (Å²) in [4.78, 5) is 11.3. The van der Waals surface area contributed by atoms with Crippen molar-refractivity contribution in [3.8, 4) is 0 Å². The third-order valence-electron chi connectivity index (χ3n) is 3.09. The summed E-state index contributed by atoms with van der Waals surface area (Å²) < 4.78 is 4.68. The zero-order valence-electron chi connectivity index (χ0n) is 11.8. The Labute approximate surface area is 134 Å². The highest BCUT2D eigenvalue weighted by Crippen LogP contribution is 2.19. The molecule has 0 saturated carbocycles. The highest BCUT2D eigenvalue weighted by atomic mass is 35.5. The van der Waals surface area contributed by atoms with Gasteiger partial charge in [-0.2, -0.15) is 11.8 Å². The lowest BCUT2D eigenvalue weighted by Crippen LogP contribution is -2.00. The maximum absolute atomic E-state index is 11.3. The lowest BCUT2D eigenvalue weighted by molar-refractivity contribution is 0.0600. The van der Waals surface area contributed by atoms with E-state index in [-0.39, 0.29) is 5.97 Å². The molecule has 0 saturated heterocycles. The highest BCUT2D eigenvalue weighted by Gasteiger charge is 2.04. The first-order valence-corrected chi connectivity index (χ1v) is 8.30. The molecule has 0 amide bonds. The van der Waals surface area contributed by atoms with Crippen molar-refractivity contribution in [2.45, 2.75) is 17.4 Å². The largest absolute Gasteiger partial charge is 0.465 e. The molecule has 2 nitrogen and oxygen atoms in total. The van der Waals surface area contributed by atoms with E-state index in [1.807, 2.05) is 23.9 Å². The molecule has 2 aromatic carbocycles. The molecule has 0 radical (unpaired) electrons. The quantitative estimate of drug-likeness (QED) is 0.572. The Morgan fingerprint density at radius 3 is 1.90 bits per heavy atom. The normalized spacial score (nSPS) is 10.4. The zero-order chi connectivity index (χ0) is 15.1. The van der Waals surface area contributed by atoms with Crippen molar-refractivity contribution in [3.05, 3.63) is 70.8 Å². The van der Waals surface area contributed by atoms with E-state index in [4.69, 9.17) is 11.6 Å². The second-order valence-electron chi connectivity index (χ2n) is 4.63. The molecular weight excluding hydrogens is 304 g/mol. The van der Waals surface area contributed by atoms with Gasteiger partial charge in [-0.25, -0.2) is 4.79 Å². The molecule has 4 heteroatoms. The number of rotatable bonds is 6. The molecule has 0 unspecified atom stereocenters. The number of halogens is 1. The standard InChI is InChI=1S/C17H17ClO2S/c1-20-17(19)16-8-6-15(7-9-16)12-21-11-14-4-2-13(10-18)3-5-14/h2-9H,10-12H2,1H3. The predicted molar refractivity (Wildman–Crippen MR) is 88.8 cm³/mol. The number of hydrogen-bond acceptors (Lipinski definition) is 3. The van der Waals surface area contributed by atoms with Crippen LogP contribution in [0.5, 0.6) is 0 Å². The van der Waals surface area contributed by atoms with Crippen LogP contribution < -0.4 is 0 Å². The summed E-state index contributed by atoms with van der Waals surface area (Å²) >= 11 is 7.61. The number of alkyl halides is 1. The highest BCUT2D eigenvalue weighted by molar-refractivity contribution is 7.97. The topological polar surface area (TPSA) is 26.3 Å². The fraction of sp³-hybridized carbons (Fsp3) is 0.235. The van der Waals surface area contributed by atoms with Crippen molar-refractivity contribution in [3.63, 3.8) is 0 Å². The second kappa shape index (κ2) is 8.11. The third kappa shape index (κ3) is 4.80. The molecule has 2 rings (SSSR count). The average molecular weight is 321 g/mol. The first-order valence-electron chi connectivity index (χ1n) is 6.61. The summed E-state index contributed by atoms with van der Waals surface area (Å²) in [6, 6.07) is 15.9. The van der Waals surface area contributed by atoms with E-state index in [9.17, 15) is 4.79 Å². The number of carbonyl (C=O) groups excluding carboxylic acids is 1. The van der Waals surface area contributed by atoms with Gasteiger partial charge in [-0.05, 0) is 28.8 Å². The van der Waals surface area contributed by atoms with Crippen molar-refractivity contribution in [1.82, 2.24) is 0 Å². The average Bonchev–Trinajstić information content (AvgIpc) is 2.55. The van der Waals surface area contributed by atoms with Crippen LogP contribution in [0.25, 0.3) is 0 Å². The molecular formula is C17H17ClO2S. The van der Waals surface area contributed by atoms with Crippen LogP contribution in [0.3, 0.4) is 0 Å². The number of carbonyl (C=O) groups is 1. The summed E-state index contributed by atoms with van der Waals surface area (Å²) in [6.45, 7) is 0. The summed E-state index contributed by atoms with van der Waals surface area (Å²) in [6.07, 6.45) is 0. The first kappa shape index (κ1) is 15.9. The Balaban J connectivity index is 1.83. The molecule has 0 heterocycles. The molecule has 0 atom stereocenters. The van der Waals surface area contributed by atoms with E-state index >= 15 is 0 Å². The van der Waals surface area contributed by atoms with E-state index in [1.54, 1.807) is 12.1 Å². The molecule has 0 spiro atoms. The van der Waals surface area contributed by atoms with Crippen molar-refractivity contribution in [1.29, 1.82) is 0 Å². The molecule has 0 bridgehead atoms. The summed E-state index contributed by atoms with van der Waals surface area (Å²) in [5.41, 5.74) is 4.22. The van der Waals surface area contributed by atoms with Gasteiger partial charge in [0.1, 0.15) is 0 Å². The van der Waals surface area contributed by atoms with E-state index < -0.39 is 0 Å². The molecule has 0 aliphatic rings. The molecule has 2 aromatic rings. The lowest BCUT2D eigenvalue weighted by atomic mass is 10.1. The van der Waals surface area contributed by atoms with E-state index in [1.165, 1.54) is 18.2 Å². The smallest absolute Gasteiger partial charge is 0.337 e. The zero-order valence-corrected chi connectivity index (χ0v) is 13.4. The SMILES string of the molecule is COC(=O)c1ccc(CSCc2ccc(CCl)cc2)cc1. The number of ether oxygens (including phenoxy) is 1. The van der Waals surface area contributed by atoms with Gasteiger partial charge in [-0.15, -0.1) is 11.6 Å². The Kier molecular flexibility index (Phi) is 6.15. The fourth-order valence-electron chi connectivity index (χ4n) is 1.87. The molecule has 110 valence electrons. The van der Waals surface area contributed by atoms with Crippen LogP contribution >= 0.6 is 23.4 Å². The van der Waals surface area contributed by atoms with Gasteiger partial charge in [-0.1, -0.05) is 36.4 Å². The summed E-state index contributed by atoms with van der Waals surface area (Å²) in [5, 5.41) is 0. The molecule has 0 aliphatic carbocycles. The van der Waals surface area contributed by atoms with Gasteiger partial charge >= 0.3 is 5.97 Å². The van der Waals surface area contributed by atoms with Crippen molar-refractivity contribution in [2.24, 2.45) is 0 Å². The van der Waals surface area contributed by atoms with Crippen LogP contribution in [0.2, 0.25) is 0 Å². The van der Waals surface area contributed by atoms with Crippen LogP contribution in [-0.4, -0.2) is 13.1 Å². The van der Waals surface area contributed by atoms with Crippen LogP contribution in [0.1, 0.15) is 27.0 Å². The van der Waals surface area contributed by atoms with Crippen molar-refractivity contribution in [2.75, 3.05) is 7.11 Å². The van der Waals surface area contributed by atoms with Gasteiger partial charge in [0.05, 0.1) is 12.7 Å². The summed E-state index contributed by atoms with van der Waals surface area (Å²) in [7, 11) is 1.39. The number of benzene rings is 2. The molecule has 0 N–H and O–H groups in total. The minimum Gasteiger partial charge on any atom is -0.465 e. The monoisotopic (exact) mass is 320 g/mol. The van der Waals surface area contributed by atoms with Gasteiger partial charge in [0.2, 0.25) is 0 Å². The molecule has 0 aromatic heterocycles. The van der Waals surface area contributed by atoms with Crippen molar-refractivity contribution < 1.29 is 9.53 Å². The van der Waals surface area contributed by atoms with Crippen LogP contribution in [0.15, 0.2) is 48.5 Å². The molecule has 21 heavy (non-hydrogen) atoms. The van der Waals surface area contributed by atoms with Gasteiger partial charge in [0, 0.05) is 17.4 Å². The molecule has 0 aliphatic heterocycles. The Morgan fingerprint density at radius 2 is 1.43 bits per heavy atom. The second-order valence-corrected chi connectivity index (χ2v) is 5.88. The Hall–Kier alpha value is -1.45. The van der Waals surface area contributed by atoms with E-state index in [2.05, 4.69) is 29.0 Å². The maximum atomic E-state index is 11.3. The van der Waals surface area contributed by atoms with Crippen molar-refractivity contribution >= 4 is 29.3 Å². The van der Waals surface area contributed by atoms with E-state index in [0.717, 1.165) is 17.1 Å². The Bertz CT molecular complexity index is 579. The predicted octanol–water partition coefficient (Wildman–Crippen LogP) is 4.65. The van der Waals surface area contributed by atoms with E-state index in [0.29, 0.717) is 11.4 Å². The minimum atomic E-state index is -0.298. The van der Waals surface area contributed by atoms with Crippen LogP contribution in [0, 0.1) is 0 Å². The van der Waals surface area contributed by atoms with Gasteiger partial charge in [0.15, 0.2) is 0 Å². The minimum absolute atomic E-state index is 0.298. The fourth-order valence-corrected chi connectivity index (χ4v) is 3.00. The Morgan fingerprint density at radius 1 is 0.952 bits per heavy atom. The van der Waals surface area contributed by atoms with Gasteiger partial charge < -0.3 is 4.74 Å². The third-order valence-corrected chi connectivity index (χ3v) is 4.47. The number of methoxy groups -OCH3 is 1. The van der Waals surface area contributed by atoms with Gasteiger partial charge in [-0.3, -0.25) is 0 Å². The number of esters is 1. The molecule has 0 fully saturated rings. The summed E-state index contributed by atoms with van der Waals surface area (Å²) in [5.74, 6) is 2.13. The number of thioether (sulfide) groups is 1. The first-order chi connectivity index (χ1) is 10.2. The van der Waals surface area contributed by atoms with Gasteiger partial charge in [0.25, 0.3) is 0 Å². The maximum Gasteiger partial charge on any atom is 0.337 e.